The second-order valence-corrected chi connectivity index (χ2v) is 11.4. The van der Waals surface area contributed by atoms with Crippen molar-refractivity contribution in [1.82, 2.24) is 20.1 Å². The SMILES string of the molecule is CCCCCCC(=O)NC(Cc1ccccc1)c1nnc(SCc2cccc(C)c2)n1-c1cc(Cl)ccc1C. The summed E-state index contributed by atoms with van der Waals surface area (Å²) in [5.74, 6) is 1.50. The third kappa shape index (κ3) is 8.20. The van der Waals surface area contributed by atoms with E-state index in [0.29, 0.717) is 23.7 Å². The maximum absolute atomic E-state index is 13.1. The number of benzene rings is 3. The highest BCUT2D eigenvalue weighted by molar-refractivity contribution is 7.98. The first-order valence-electron chi connectivity index (χ1n) is 13.7. The van der Waals surface area contributed by atoms with Crippen LogP contribution in [-0.4, -0.2) is 20.7 Å². The zero-order valence-electron chi connectivity index (χ0n) is 23.0. The third-order valence-electron chi connectivity index (χ3n) is 6.71. The number of aryl methyl sites for hydroxylation is 2. The van der Waals surface area contributed by atoms with Crippen LogP contribution in [0.2, 0.25) is 5.02 Å². The summed E-state index contributed by atoms with van der Waals surface area (Å²) >= 11 is 8.11. The molecule has 5 nitrogen and oxygen atoms in total. The fourth-order valence-electron chi connectivity index (χ4n) is 4.64. The number of carbonyl (C=O) groups is 1. The number of hydrogen-bond donors (Lipinski definition) is 1. The van der Waals surface area contributed by atoms with Crippen LogP contribution in [0.3, 0.4) is 0 Å². The van der Waals surface area contributed by atoms with Gasteiger partial charge in [0.05, 0.1) is 11.7 Å². The Morgan fingerprint density at radius 3 is 2.51 bits per heavy atom. The van der Waals surface area contributed by atoms with Crippen LogP contribution in [0.4, 0.5) is 0 Å². The van der Waals surface area contributed by atoms with Gasteiger partial charge >= 0.3 is 0 Å². The number of nitrogens with one attached hydrogen (secondary N) is 1. The summed E-state index contributed by atoms with van der Waals surface area (Å²) in [6.07, 6.45) is 5.35. The molecule has 0 spiro atoms. The van der Waals surface area contributed by atoms with Gasteiger partial charge in [-0.1, -0.05) is 116 Å². The third-order valence-corrected chi connectivity index (χ3v) is 7.94. The smallest absolute Gasteiger partial charge is 0.220 e. The lowest BCUT2D eigenvalue weighted by Crippen LogP contribution is -2.32. The Balaban J connectivity index is 1.70. The Hall–Kier alpha value is -3.09. The zero-order valence-corrected chi connectivity index (χ0v) is 24.6. The van der Waals surface area contributed by atoms with E-state index < -0.39 is 0 Å². The summed E-state index contributed by atoms with van der Waals surface area (Å²) in [6, 6.07) is 24.2. The average Bonchev–Trinajstić information content (AvgIpc) is 3.35. The fourth-order valence-corrected chi connectivity index (χ4v) is 5.70. The van der Waals surface area contributed by atoms with E-state index in [9.17, 15) is 4.79 Å². The first-order chi connectivity index (χ1) is 18.9. The van der Waals surface area contributed by atoms with Crippen molar-refractivity contribution >= 4 is 29.3 Å². The summed E-state index contributed by atoms with van der Waals surface area (Å²) in [5.41, 5.74) is 5.55. The van der Waals surface area contributed by atoms with Crippen LogP contribution in [-0.2, 0) is 17.0 Å². The maximum atomic E-state index is 13.1. The van der Waals surface area contributed by atoms with Crippen molar-refractivity contribution in [2.45, 2.75) is 76.2 Å². The van der Waals surface area contributed by atoms with Crippen LogP contribution < -0.4 is 5.32 Å². The summed E-state index contributed by atoms with van der Waals surface area (Å²) in [7, 11) is 0. The Labute approximate surface area is 241 Å². The molecule has 0 saturated heterocycles. The van der Waals surface area contributed by atoms with Gasteiger partial charge in [-0.05, 0) is 55.5 Å². The van der Waals surface area contributed by atoms with E-state index in [1.807, 2.05) is 36.4 Å². The molecule has 1 unspecified atom stereocenters. The number of thioether (sulfide) groups is 1. The van der Waals surface area contributed by atoms with Gasteiger partial charge in [0, 0.05) is 17.2 Å². The summed E-state index contributed by atoms with van der Waals surface area (Å²) in [5, 5.41) is 14.0. The van der Waals surface area contributed by atoms with Gasteiger partial charge in [-0.2, -0.15) is 0 Å². The number of rotatable bonds is 13. The van der Waals surface area contributed by atoms with E-state index in [4.69, 9.17) is 11.6 Å². The molecular formula is C32H37ClN4OS. The highest BCUT2D eigenvalue weighted by Gasteiger charge is 2.25. The first kappa shape index (κ1) is 28.9. The minimum atomic E-state index is -0.342. The maximum Gasteiger partial charge on any atom is 0.220 e. The van der Waals surface area contributed by atoms with Gasteiger partial charge < -0.3 is 5.32 Å². The van der Waals surface area contributed by atoms with Crippen molar-refractivity contribution in [3.63, 3.8) is 0 Å². The molecule has 204 valence electrons. The predicted molar refractivity (Wildman–Crippen MR) is 162 cm³/mol. The molecule has 0 aliphatic carbocycles. The molecule has 0 aliphatic rings. The number of nitrogens with zero attached hydrogens (tertiary/aromatic N) is 3. The number of aromatic nitrogens is 3. The van der Waals surface area contributed by atoms with E-state index in [-0.39, 0.29) is 11.9 Å². The number of halogens is 1. The first-order valence-corrected chi connectivity index (χ1v) is 15.0. The molecule has 0 radical (unpaired) electrons. The quantitative estimate of drug-likeness (QED) is 0.132. The normalized spacial score (nSPS) is 11.9. The van der Waals surface area contributed by atoms with Crippen molar-refractivity contribution in [3.8, 4) is 5.69 Å². The van der Waals surface area contributed by atoms with Crippen LogP contribution >= 0.6 is 23.4 Å². The monoisotopic (exact) mass is 560 g/mol. The summed E-state index contributed by atoms with van der Waals surface area (Å²) < 4.78 is 2.08. The largest absolute Gasteiger partial charge is 0.346 e. The van der Waals surface area contributed by atoms with E-state index in [2.05, 4.69) is 77.3 Å². The van der Waals surface area contributed by atoms with Crippen molar-refractivity contribution in [1.29, 1.82) is 0 Å². The van der Waals surface area contributed by atoms with Gasteiger partial charge in [0.25, 0.3) is 0 Å². The molecule has 1 aromatic heterocycles. The molecule has 39 heavy (non-hydrogen) atoms. The van der Waals surface area contributed by atoms with E-state index >= 15 is 0 Å². The van der Waals surface area contributed by atoms with Crippen LogP contribution in [0, 0.1) is 13.8 Å². The van der Waals surface area contributed by atoms with Crippen LogP contribution in [0.15, 0.2) is 78.0 Å². The van der Waals surface area contributed by atoms with Gasteiger partial charge in [0.15, 0.2) is 11.0 Å². The van der Waals surface area contributed by atoms with Crippen LogP contribution in [0.5, 0.6) is 0 Å². The zero-order chi connectivity index (χ0) is 27.6. The van der Waals surface area contributed by atoms with Gasteiger partial charge in [0.1, 0.15) is 0 Å². The molecule has 0 bridgehead atoms. The molecule has 4 rings (SSSR count). The minimum absolute atomic E-state index is 0.0402. The number of unbranched alkanes of at least 4 members (excludes halogenated alkanes) is 3. The number of hydrogen-bond acceptors (Lipinski definition) is 4. The summed E-state index contributed by atoms with van der Waals surface area (Å²) in [6.45, 7) is 6.33. The van der Waals surface area contributed by atoms with Crippen molar-refractivity contribution in [2.24, 2.45) is 0 Å². The van der Waals surface area contributed by atoms with Crippen LogP contribution in [0.25, 0.3) is 5.69 Å². The topological polar surface area (TPSA) is 59.8 Å². The Morgan fingerprint density at radius 1 is 0.949 bits per heavy atom. The Kier molecular flexibility index (Phi) is 10.6. The molecule has 4 aromatic rings. The number of amides is 1. The fraction of sp³-hybridized carbons (Fsp3) is 0.344. The lowest BCUT2D eigenvalue weighted by atomic mass is 10.0. The predicted octanol–water partition coefficient (Wildman–Crippen LogP) is 8.20. The number of carbonyl (C=O) groups excluding carboxylic acids is 1. The van der Waals surface area contributed by atoms with E-state index in [0.717, 1.165) is 53.4 Å². The molecule has 1 heterocycles. The molecule has 0 saturated carbocycles. The van der Waals surface area contributed by atoms with Crippen molar-refractivity contribution in [2.75, 3.05) is 0 Å². The highest BCUT2D eigenvalue weighted by atomic mass is 35.5. The molecule has 1 N–H and O–H groups in total. The second kappa shape index (κ2) is 14.3. The molecule has 1 amide bonds. The molecule has 0 fully saturated rings. The van der Waals surface area contributed by atoms with Crippen molar-refractivity contribution in [3.05, 3.63) is 106 Å². The molecular weight excluding hydrogens is 524 g/mol. The van der Waals surface area contributed by atoms with Gasteiger partial charge in [0.2, 0.25) is 5.91 Å². The molecule has 3 aromatic carbocycles. The molecule has 1 atom stereocenters. The van der Waals surface area contributed by atoms with Gasteiger partial charge in [-0.3, -0.25) is 9.36 Å². The van der Waals surface area contributed by atoms with Crippen molar-refractivity contribution < 1.29 is 4.79 Å². The summed E-state index contributed by atoms with van der Waals surface area (Å²) in [4.78, 5) is 13.1. The Morgan fingerprint density at radius 2 is 1.74 bits per heavy atom. The highest BCUT2D eigenvalue weighted by Crippen LogP contribution is 2.31. The standard InChI is InChI=1S/C32H37ClN4OS/c1-4-5-6-10-16-30(38)34-28(20-25-13-8-7-9-14-25)31-35-36-32(39-22-26-15-11-12-23(2)19-26)37(31)29-21-27(33)18-17-24(29)3/h7-9,11-15,17-19,21,28H,4-6,10,16,20,22H2,1-3H3,(H,34,38). The molecule has 7 heteroatoms. The van der Waals surface area contributed by atoms with E-state index in [1.54, 1.807) is 11.8 Å². The lowest BCUT2D eigenvalue weighted by Gasteiger charge is -2.21. The lowest BCUT2D eigenvalue weighted by molar-refractivity contribution is -0.122. The minimum Gasteiger partial charge on any atom is -0.346 e. The Bertz CT molecular complexity index is 1370. The van der Waals surface area contributed by atoms with Gasteiger partial charge in [-0.15, -0.1) is 10.2 Å². The molecule has 0 aliphatic heterocycles. The average molecular weight is 561 g/mol. The second-order valence-electron chi connectivity index (χ2n) is 10.0. The van der Waals surface area contributed by atoms with Gasteiger partial charge in [-0.25, -0.2) is 0 Å². The van der Waals surface area contributed by atoms with E-state index in [1.165, 1.54) is 11.1 Å². The van der Waals surface area contributed by atoms with Crippen LogP contribution in [0.1, 0.15) is 73.1 Å².